The van der Waals surface area contributed by atoms with Gasteiger partial charge in [-0.15, -0.1) is 0 Å². The molecule has 3 aliphatic carbocycles. The Morgan fingerprint density at radius 2 is 1.55 bits per heavy atom. The van der Waals surface area contributed by atoms with Gasteiger partial charge in [0, 0.05) is 18.8 Å². The normalized spacial score (nSPS) is 28.1. The second-order valence-corrected chi connectivity index (χ2v) is 19.0. The zero-order valence-electron chi connectivity index (χ0n) is 38.7. The average molecular weight is 887 g/mol. The summed E-state index contributed by atoms with van der Waals surface area (Å²) in [5.74, 6) is -2.34. The zero-order valence-corrected chi connectivity index (χ0v) is 38.7. The number of ether oxygens (including phenoxy) is 2. The Morgan fingerprint density at radius 1 is 0.875 bits per heavy atom. The highest BCUT2D eigenvalue weighted by atomic mass is 16.7. The van der Waals surface area contributed by atoms with Crippen molar-refractivity contribution in [3.8, 4) is 11.1 Å². The van der Waals surface area contributed by atoms with E-state index in [1.807, 2.05) is 19.1 Å². The van der Waals surface area contributed by atoms with Crippen molar-refractivity contribution in [1.29, 1.82) is 0 Å². The van der Waals surface area contributed by atoms with Crippen molar-refractivity contribution in [2.24, 2.45) is 23.0 Å². The topological polar surface area (TPSA) is 208 Å². The smallest absolute Gasteiger partial charge is 0.404 e. The molecule has 0 spiro atoms. The van der Waals surface area contributed by atoms with Crippen LogP contribution in [-0.4, -0.2) is 111 Å². The molecule has 2 aliphatic heterocycles. The van der Waals surface area contributed by atoms with Gasteiger partial charge in [-0.05, 0) is 131 Å². The van der Waals surface area contributed by atoms with Crippen LogP contribution in [0.2, 0.25) is 0 Å². The second kappa shape index (κ2) is 22.2. The molecule has 1 unspecified atom stereocenters. The number of carbonyl (C=O) groups is 5. The molecule has 5 fully saturated rings. The number of aryl methyl sites for hydroxylation is 1. The first-order chi connectivity index (χ1) is 30.6. The Morgan fingerprint density at radius 3 is 2.20 bits per heavy atom. The van der Waals surface area contributed by atoms with Crippen molar-refractivity contribution in [3.05, 3.63) is 59.7 Å². The van der Waals surface area contributed by atoms with Gasteiger partial charge >= 0.3 is 7.12 Å². The first-order valence-corrected chi connectivity index (χ1v) is 23.5. The quantitative estimate of drug-likeness (QED) is 0.112. The van der Waals surface area contributed by atoms with E-state index < -0.39 is 72.4 Å². The van der Waals surface area contributed by atoms with Crippen molar-refractivity contribution in [1.82, 2.24) is 26.6 Å². The summed E-state index contributed by atoms with van der Waals surface area (Å²) in [5.41, 5.74) is 9.17. The fourth-order valence-electron chi connectivity index (χ4n) is 9.69. The van der Waals surface area contributed by atoms with Crippen LogP contribution in [0, 0.1) is 17.3 Å². The summed E-state index contributed by atoms with van der Waals surface area (Å²) < 4.78 is 24.6. The number of carbonyl (C=O) groups excluding carboxylic acids is 5. The minimum atomic E-state index is -1.20. The third kappa shape index (κ3) is 11.9. The van der Waals surface area contributed by atoms with Crippen LogP contribution >= 0.6 is 0 Å². The molecule has 350 valence electrons. The summed E-state index contributed by atoms with van der Waals surface area (Å²) in [5, 5.41) is 14.0. The Balaban J connectivity index is 1.06. The minimum absolute atomic E-state index is 0.0505. The SMILES string of the molecule is CCCCc1ccc(-c2ccc(C(=O)NC(CCCCN)C(=O)N[C@H]3COCCCCOC[C@@H](C(=O)N[C@@H](C)B4O[C@@H]5C[C@@H]6C[C@@H](C6(C)C)[C@]5(C)O4)NC(=O)[C@H](C)NC3=O)cc2)cc1. The lowest BCUT2D eigenvalue weighted by Crippen LogP contribution is -2.65. The summed E-state index contributed by atoms with van der Waals surface area (Å²) in [6.45, 7) is 12.9. The predicted octanol–water partition coefficient (Wildman–Crippen LogP) is 4.00. The summed E-state index contributed by atoms with van der Waals surface area (Å²) >= 11 is 0. The molecule has 64 heavy (non-hydrogen) atoms. The molecule has 0 aromatic heterocycles. The highest BCUT2D eigenvalue weighted by molar-refractivity contribution is 6.47. The molecule has 5 aliphatic rings. The molecule has 9 atom stereocenters. The lowest BCUT2D eigenvalue weighted by molar-refractivity contribution is -0.199. The fourth-order valence-corrected chi connectivity index (χ4v) is 9.69. The Hall–Kier alpha value is -4.35. The van der Waals surface area contributed by atoms with Gasteiger partial charge in [0.2, 0.25) is 23.6 Å². The van der Waals surface area contributed by atoms with Gasteiger partial charge in [0.1, 0.15) is 24.2 Å². The van der Waals surface area contributed by atoms with E-state index in [1.165, 1.54) is 12.5 Å². The van der Waals surface area contributed by atoms with Crippen molar-refractivity contribution >= 4 is 36.7 Å². The van der Waals surface area contributed by atoms with Crippen LogP contribution in [0.5, 0.6) is 0 Å². The van der Waals surface area contributed by atoms with Crippen molar-refractivity contribution in [2.45, 2.75) is 148 Å². The van der Waals surface area contributed by atoms with Crippen LogP contribution < -0.4 is 32.3 Å². The number of unbranched alkanes of at least 4 members (excludes halogenated alkanes) is 2. The molecule has 7 N–H and O–H groups in total. The maximum Gasteiger partial charge on any atom is 0.481 e. The number of hydrogen-bond donors (Lipinski definition) is 6. The monoisotopic (exact) mass is 887 g/mol. The largest absolute Gasteiger partial charge is 0.481 e. The van der Waals surface area contributed by atoms with Crippen LogP contribution in [0.25, 0.3) is 11.1 Å². The Labute approximate surface area is 379 Å². The molecule has 2 aromatic carbocycles. The molecular formula is C48H71BN6O9. The Kier molecular flexibility index (Phi) is 17.1. The van der Waals surface area contributed by atoms with Crippen LogP contribution in [0.15, 0.2) is 48.5 Å². The lowest BCUT2D eigenvalue weighted by atomic mass is 9.43. The van der Waals surface area contributed by atoms with E-state index in [4.69, 9.17) is 24.5 Å². The first kappa shape index (κ1) is 49.1. The number of rotatable bonds is 15. The lowest BCUT2D eigenvalue weighted by Gasteiger charge is -2.64. The second-order valence-electron chi connectivity index (χ2n) is 19.0. The molecule has 3 saturated carbocycles. The van der Waals surface area contributed by atoms with Gasteiger partial charge in [0.25, 0.3) is 5.91 Å². The predicted molar refractivity (Wildman–Crippen MR) is 245 cm³/mol. The van der Waals surface area contributed by atoms with E-state index in [0.29, 0.717) is 56.2 Å². The van der Waals surface area contributed by atoms with E-state index in [2.05, 4.69) is 78.5 Å². The van der Waals surface area contributed by atoms with Gasteiger partial charge in [-0.25, -0.2) is 0 Å². The van der Waals surface area contributed by atoms with Gasteiger partial charge in [-0.2, -0.15) is 0 Å². The highest BCUT2D eigenvalue weighted by Crippen LogP contribution is 2.65. The third-order valence-electron chi connectivity index (χ3n) is 14.0. The molecule has 2 saturated heterocycles. The van der Waals surface area contributed by atoms with E-state index in [-0.39, 0.29) is 37.8 Å². The first-order valence-electron chi connectivity index (χ1n) is 23.5. The van der Waals surface area contributed by atoms with E-state index in [1.54, 1.807) is 12.1 Å². The zero-order chi connectivity index (χ0) is 46.0. The summed E-state index contributed by atoms with van der Waals surface area (Å²) in [6, 6.07) is 11.3. The third-order valence-corrected chi connectivity index (χ3v) is 14.0. The number of nitrogens with two attached hydrogens (primary N) is 1. The van der Waals surface area contributed by atoms with E-state index in [0.717, 1.165) is 43.2 Å². The number of nitrogens with one attached hydrogen (secondary N) is 5. The van der Waals surface area contributed by atoms with Crippen LogP contribution in [-0.2, 0) is 44.4 Å². The molecule has 0 radical (unpaired) electrons. The number of hydrogen-bond acceptors (Lipinski definition) is 10. The van der Waals surface area contributed by atoms with Gasteiger partial charge in [0.15, 0.2) is 0 Å². The van der Waals surface area contributed by atoms with Crippen LogP contribution in [0.4, 0.5) is 0 Å². The summed E-state index contributed by atoms with van der Waals surface area (Å²) in [6.07, 6.45) is 7.92. The number of amides is 5. The molecular weight excluding hydrogens is 815 g/mol. The molecule has 2 bridgehead atoms. The van der Waals surface area contributed by atoms with Crippen molar-refractivity contribution < 1.29 is 42.8 Å². The molecule has 7 rings (SSSR count). The standard InChI is InChI=1S/C48H71BN6O9/c1-7-8-13-32-15-17-33(18-16-32)34-19-21-35(22-20-34)43(57)53-37(14-9-10-23-50)44(58)55-38-28-61-24-11-12-25-62-29-39(54-42(56)30(2)51-45(38)59)46(60)52-31(3)49-63-41-27-36-26-40(47(36,4)5)48(41,6)64-49/h15-22,30-31,36-41H,7-14,23-29,50H2,1-6H3,(H,51,59)(H,52,60)(H,53,57)(H,54,56)(H,55,58)/t30-,31-,36-,37?,38-,39-,40-,41+,48-/m0/s1. The molecule has 5 amide bonds. The molecule has 16 heteroatoms. The Bertz CT molecular complexity index is 1920. The van der Waals surface area contributed by atoms with Crippen LogP contribution in [0.1, 0.15) is 115 Å². The highest BCUT2D eigenvalue weighted by Gasteiger charge is 2.68. The maximum atomic E-state index is 13.9. The summed E-state index contributed by atoms with van der Waals surface area (Å²) in [7, 11) is -0.651. The average Bonchev–Trinajstić information content (AvgIpc) is 3.65. The fraction of sp³-hybridized carbons (Fsp3) is 0.646. The van der Waals surface area contributed by atoms with Gasteiger partial charge in [-0.1, -0.05) is 63.6 Å². The minimum Gasteiger partial charge on any atom is -0.404 e. The maximum absolute atomic E-state index is 13.9. The van der Waals surface area contributed by atoms with E-state index >= 15 is 0 Å². The van der Waals surface area contributed by atoms with Crippen molar-refractivity contribution in [3.63, 3.8) is 0 Å². The number of benzene rings is 2. The van der Waals surface area contributed by atoms with Crippen molar-refractivity contribution in [2.75, 3.05) is 33.0 Å². The molecule has 15 nitrogen and oxygen atoms in total. The van der Waals surface area contributed by atoms with Crippen LogP contribution in [0.3, 0.4) is 0 Å². The van der Waals surface area contributed by atoms with E-state index in [9.17, 15) is 24.0 Å². The van der Waals surface area contributed by atoms with Gasteiger partial charge in [0.05, 0.1) is 30.9 Å². The van der Waals surface area contributed by atoms with Gasteiger partial charge < -0.3 is 51.1 Å². The molecule has 2 aromatic rings. The summed E-state index contributed by atoms with van der Waals surface area (Å²) in [4.78, 5) is 68.5. The van der Waals surface area contributed by atoms with Gasteiger partial charge in [-0.3, -0.25) is 24.0 Å². The molecule has 2 heterocycles.